The highest BCUT2D eigenvalue weighted by Gasteiger charge is 2.25. The van der Waals surface area contributed by atoms with Gasteiger partial charge in [-0.3, -0.25) is 4.79 Å². The molecule has 7 heteroatoms. The number of halogens is 1. The van der Waals surface area contributed by atoms with Crippen molar-refractivity contribution in [3.8, 4) is 5.75 Å². The van der Waals surface area contributed by atoms with Crippen molar-refractivity contribution in [1.29, 1.82) is 0 Å². The largest absolute Gasteiger partial charge is 0.505 e. The van der Waals surface area contributed by atoms with Crippen LogP contribution in [0.5, 0.6) is 5.75 Å². The van der Waals surface area contributed by atoms with E-state index in [1.165, 1.54) is 0 Å². The average molecular weight is 380 g/mol. The molecule has 1 amide bonds. The monoisotopic (exact) mass is 379 g/mol. The van der Waals surface area contributed by atoms with Crippen molar-refractivity contribution in [3.05, 3.63) is 35.4 Å². The van der Waals surface area contributed by atoms with Gasteiger partial charge in [0.2, 0.25) is 5.91 Å². The van der Waals surface area contributed by atoms with E-state index in [2.05, 4.69) is 14.9 Å². The topological polar surface area (TPSA) is 67.2 Å². The van der Waals surface area contributed by atoms with Gasteiger partial charge in [-0.25, -0.2) is 4.98 Å². The van der Waals surface area contributed by atoms with E-state index in [4.69, 9.17) is 11.6 Å². The average Bonchev–Trinajstić information content (AvgIpc) is 3.00. The summed E-state index contributed by atoms with van der Waals surface area (Å²) in [5, 5.41) is 14.2. The SMILES string of the molecule is CC(C)(C)C(=O)Nc1ccc(Cl)c(SC2CCc3nccn3C2)c1O. The minimum atomic E-state index is -0.541. The molecule has 2 N–H and O–H groups in total. The van der Waals surface area contributed by atoms with E-state index in [-0.39, 0.29) is 11.7 Å². The Morgan fingerprint density at radius 3 is 2.92 bits per heavy atom. The Bertz CT molecular complexity index is 798. The van der Waals surface area contributed by atoms with Gasteiger partial charge in [-0.05, 0) is 18.6 Å². The maximum absolute atomic E-state index is 12.2. The summed E-state index contributed by atoms with van der Waals surface area (Å²) in [5.74, 6) is 0.978. The third kappa shape index (κ3) is 3.96. The van der Waals surface area contributed by atoms with E-state index in [1.54, 1.807) is 23.9 Å². The molecule has 25 heavy (non-hydrogen) atoms. The Morgan fingerprint density at radius 2 is 2.20 bits per heavy atom. The first-order valence-corrected chi connectivity index (χ1v) is 9.51. The van der Waals surface area contributed by atoms with Crippen LogP contribution < -0.4 is 5.32 Å². The predicted octanol–water partition coefficient (Wildman–Crippen LogP) is 4.33. The molecule has 0 spiro atoms. The fraction of sp³-hybridized carbons (Fsp3) is 0.444. The third-order valence-corrected chi connectivity index (χ3v) is 5.98. The zero-order valence-electron chi connectivity index (χ0n) is 14.5. The number of hydrogen-bond acceptors (Lipinski definition) is 4. The van der Waals surface area contributed by atoms with Crippen molar-refractivity contribution in [2.24, 2.45) is 5.41 Å². The highest BCUT2D eigenvalue weighted by Crippen LogP contribution is 2.44. The molecule has 1 aromatic carbocycles. The van der Waals surface area contributed by atoms with Gasteiger partial charge in [-0.15, -0.1) is 11.8 Å². The van der Waals surface area contributed by atoms with E-state index >= 15 is 0 Å². The standard InChI is InChI=1S/C18H22ClN3O2S/c1-18(2,3)17(24)21-13-6-5-12(19)16(15(13)23)25-11-4-7-14-20-8-9-22(14)10-11/h5-6,8-9,11,23H,4,7,10H2,1-3H3,(H,21,24). The number of aromatic hydroxyl groups is 1. The molecule has 1 atom stereocenters. The maximum atomic E-state index is 12.2. The molecule has 1 aliphatic rings. The number of thioether (sulfide) groups is 1. The predicted molar refractivity (Wildman–Crippen MR) is 101 cm³/mol. The Kier molecular flexibility index (Phi) is 5.02. The molecular weight excluding hydrogens is 358 g/mol. The van der Waals surface area contributed by atoms with Crippen molar-refractivity contribution in [2.75, 3.05) is 5.32 Å². The molecule has 0 radical (unpaired) electrons. The van der Waals surface area contributed by atoms with E-state index in [9.17, 15) is 9.90 Å². The summed E-state index contributed by atoms with van der Waals surface area (Å²) >= 11 is 7.87. The van der Waals surface area contributed by atoms with E-state index in [0.29, 0.717) is 20.9 Å². The maximum Gasteiger partial charge on any atom is 0.229 e. The zero-order chi connectivity index (χ0) is 18.2. The summed E-state index contributed by atoms with van der Waals surface area (Å²) in [6, 6.07) is 3.35. The second-order valence-electron chi connectivity index (χ2n) is 7.25. The van der Waals surface area contributed by atoms with Gasteiger partial charge in [0, 0.05) is 36.0 Å². The van der Waals surface area contributed by atoms with Gasteiger partial charge >= 0.3 is 0 Å². The Labute approximate surface area is 156 Å². The van der Waals surface area contributed by atoms with Crippen LogP contribution in [0, 0.1) is 5.41 Å². The highest BCUT2D eigenvalue weighted by molar-refractivity contribution is 8.00. The summed E-state index contributed by atoms with van der Waals surface area (Å²) in [6.07, 6.45) is 5.67. The van der Waals surface area contributed by atoms with Crippen LogP contribution in [-0.2, 0) is 17.8 Å². The van der Waals surface area contributed by atoms with Crippen LogP contribution in [-0.4, -0.2) is 25.8 Å². The molecule has 0 aliphatic carbocycles. The molecule has 5 nitrogen and oxygen atoms in total. The molecule has 2 aromatic rings. The van der Waals surface area contributed by atoms with E-state index < -0.39 is 5.41 Å². The lowest BCUT2D eigenvalue weighted by molar-refractivity contribution is -0.123. The molecule has 3 rings (SSSR count). The van der Waals surface area contributed by atoms with Crippen LogP contribution in [0.4, 0.5) is 5.69 Å². The third-order valence-electron chi connectivity index (χ3n) is 4.19. The number of nitrogens with zero attached hydrogens (tertiary/aromatic N) is 2. The minimum Gasteiger partial charge on any atom is -0.505 e. The number of hydrogen-bond donors (Lipinski definition) is 2. The minimum absolute atomic E-state index is 0.0338. The number of nitrogens with one attached hydrogen (secondary N) is 1. The number of amides is 1. The van der Waals surface area contributed by atoms with Crippen LogP contribution in [0.2, 0.25) is 5.02 Å². The number of aryl methyl sites for hydroxylation is 1. The molecule has 134 valence electrons. The highest BCUT2D eigenvalue weighted by atomic mass is 35.5. The van der Waals surface area contributed by atoms with Crippen molar-refractivity contribution in [2.45, 2.75) is 50.3 Å². The molecule has 0 saturated heterocycles. The first-order valence-electron chi connectivity index (χ1n) is 8.25. The molecule has 0 fully saturated rings. The van der Waals surface area contributed by atoms with Crippen LogP contribution in [0.3, 0.4) is 0 Å². The molecule has 0 saturated carbocycles. The quantitative estimate of drug-likeness (QED) is 0.779. The Balaban J connectivity index is 1.80. The van der Waals surface area contributed by atoms with Crippen molar-refractivity contribution in [1.82, 2.24) is 9.55 Å². The Hall–Kier alpha value is -1.66. The van der Waals surface area contributed by atoms with Gasteiger partial charge in [-0.2, -0.15) is 0 Å². The Morgan fingerprint density at radius 1 is 1.44 bits per heavy atom. The number of carbonyl (C=O) groups is 1. The summed E-state index contributed by atoms with van der Waals surface area (Å²) in [5.41, 5.74) is -0.147. The van der Waals surface area contributed by atoms with Gasteiger partial charge in [-0.1, -0.05) is 32.4 Å². The van der Waals surface area contributed by atoms with Crippen molar-refractivity contribution < 1.29 is 9.90 Å². The summed E-state index contributed by atoms with van der Waals surface area (Å²) in [7, 11) is 0. The second kappa shape index (κ2) is 6.92. The van der Waals surface area contributed by atoms with Crippen LogP contribution in [0.25, 0.3) is 0 Å². The van der Waals surface area contributed by atoms with Crippen LogP contribution in [0.1, 0.15) is 33.0 Å². The van der Waals surface area contributed by atoms with Gasteiger partial charge in [0.15, 0.2) is 5.75 Å². The van der Waals surface area contributed by atoms with Crippen molar-refractivity contribution in [3.63, 3.8) is 0 Å². The first kappa shape index (κ1) is 18.1. The number of benzene rings is 1. The number of rotatable bonds is 3. The smallest absolute Gasteiger partial charge is 0.229 e. The van der Waals surface area contributed by atoms with Gasteiger partial charge < -0.3 is 15.0 Å². The zero-order valence-corrected chi connectivity index (χ0v) is 16.1. The van der Waals surface area contributed by atoms with E-state index in [0.717, 1.165) is 25.2 Å². The second-order valence-corrected chi connectivity index (χ2v) is 8.97. The normalized spacial score (nSPS) is 17.2. The fourth-order valence-electron chi connectivity index (χ4n) is 2.67. The lowest BCUT2D eigenvalue weighted by Crippen LogP contribution is -2.27. The number of phenols is 1. The lowest BCUT2D eigenvalue weighted by atomic mass is 9.95. The molecular formula is C18H22ClN3O2S. The summed E-state index contributed by atoms with van der Waals surface area (Å²) in [6.45, 7) is 6.31. The number of aromatic nitrogens is 2. The summed E-state index contributed by atoms with van der Waals surface area (Å²) in [4.78, 5) is 17.2. The number of phenolic OH excluding ortho intramolecular Hbond substituents is 1. The number of fused-ring (bicyclic) bond motifs is 1. The number of anilines is 1. The number of imidazole rings is 1. The van der Waals surface area contributed by atoms with Crippen LogP contribution in [0.15, 0.2) is 29.4 Å². The van der Waals surface area contributed by atoms with E-state index in [1.807, 2.05) is 33.2 Å². The molecule has 2 heterocycles. The number of carbonyl (C=O) groups excluding carboxylic acids is 1. The van der Waals surface area contributed by atoms with Gasteiger partial charge in [0.25, 0.3) is 0 Å². The fourth-order valence-corrected chi connectivity index (χ4v) is 4.16. The summed E-state index contributed by atoms with van der Waals surface area (Å²) < 4.78 is 2.14. The lowest BCUT2D eigenvalue weighted by Gasteiger charge is -2.24. The molecule has 1 aliphatic heterocycles. The van der Waals surface area contributed by atoms with Crippen LogP contribution >= 0.6 is 23.4 Å². The molecule has 1 aromatic heterocycles. The molecule has 1 unspecified atom stereocenters. The van der Waals surface area contributed by atoms with Gasteiger partial charge in [0.05, 0.1) is 15.6 Å². The first-order chi connectivity index (χ1) is 11.8. The molecule has 0 bridgehead atoms. The van der Waals surface area contributed by atoms with Gasteiger partial charge in [0.1, 0.15) is 5.82 Å². The van der Waals surface area contributed by atoms with Crippen molar-refractivity contribution >= 4 is 35.0 Å².